The highest BCUT2D eigenvalue weighted by Gasteiger charge is 2.14. The lowest BCUT2D eigenvalue weighted by Crippen LogP contribution is -2.08. The second kappa shape index (κ2) is 6.26. The fourth-order valence-corrected chi connectivity index (χ4v) is 2.27. The first-order valence-electron chi connectivity index (χ1n) is 5.95. The zero-order chi connectivity index (χ0) is 11.2. The standard InChI is InChI=1S/C13H18BrNO/c14-11-5-7-12(8-6-11)15-9-1-3-13-4-2-10-16-13/h5-8,13,15H,1-4,9-10H2. The Morgan fingerprint density at radius 3 is 2.81 bits per heavy atom. The van der Waals surface area contributed by atoms with Crippen LogP contribution in [-0.2, 0) is 4.74 Å². The molecule has 0 aliphatic carbocycles. The molecule has 0 amide bonds. The molecule has 1 aliphatic heterocycles. The molecule has 1 aromatic carbocycles. The van der Waals surface area contributed by atoms with Gasteiger partial charge >= 0.3 is 0 Å². The minimum Gasteiger partial charge on any atom is -0.385 e. The molecule has 0 aromatic heterocycles. The molecule has 1 atom stereocenters. The molecular weight excluding hydrogens is 266 g/mol. The van der Waals surface area contributed by atoms with E-state index in [1.807, 2.05) is 0 Å². The predicted octanol–water partition coefficient (Wildman–Crippen LogP) is 3.82. The van der Waals surface area contributed by atoms with Crippen molar-refractivity contribution >= 4 is 21.6 Å². The molecule has 0 radical (unpaired) electrons. The molecule has 1 aromatic rings. The van der Waals surface area contributed by atoms with Gasteiger partial charge in [-0.3, -0.25) is 0 Å². The van der Waals surface area contributed by atoms with Crippen molar-refractivity contribution < 1.29 is 4.74 Å². The molecule has 2 rings (SSSR count). The van der Waals surface area contributed by atoms with Crippen molar-refractivity contribution in [2.24, 2.45) is 0 Å². The van der Waals surface area contributed by atoms with E-state index in [4.69, 9.17) is 4.74 Å². The minimum absolute atomic E-state index is 0.520. The van der Waals surface area contributed by atoms with Crippen molar-refractivity contribution in [3.8, 4) is 0 Å². The molecule has 1 fully saturated rings. The zero-order valence-electron chi connectivity index (χ0n) is 9.42. The molecule has 16 heavy (non-hydrogen) atoms. The van der Waals surface area contributed by atoms with Crippen molar-refractivity contribution in [1.82, 2.24) is 0 Å². The Balaban J connectivity index is 1.62. The summed E-state index contributed by atoms with van der Waals surface area (Å²) >= 11 is 3.43. The SMILES string of the molecule is Brc1ccc(NCCCC2CCCO2)cc1. The summed E-state index contributed by atoms with van der Waals surface area (Å²) in [5, 5.41) is 3.42. The Labute approximate surface area is 106 Å². The van der Waals surface area contributed by atoms with Gasteiger partial charge in [-0.15, -0.1) is 0 Å². The van der Waals surface area contributed by atoms with Gasteiger partial charge in [-0.1, -0.05) is 15.9 Å². The Bertz CT molecular complexity index is 306. The topological polar surface area (TPSA) is 21.3 Å². The van der Waals surface area contributed by atoms with Gasteiger partial charge in [-0.25, -0.2) is 0 Å². The van der Waals surface area contributed by atoms with Crippen LogP contribution in [0, 0.1) is 0 Å². The van der Waals surface area contributed by atoms with E-state index < -0.39 is 0 Å². The van der Waals surface area contributed by atoms with Crippen LogP contribution in [0.15, 0.2) is 28.7 Å². The van der Waals surface area contributed by atoms with Crippen molar-refractivity contribution in [2.45, 2.75) is 31.8 Å². The third-order valence-corrected chi connectivity index (χ3v) is 3.43. The maximum Gasteiger partial charge on any atom is 0.0576 e. The first-order valence-corrected chi connectivity index (χ1v) is 6.75. The lowest BCUT2D eigenvalue weighted by Gasteiger charge is -2.10. The lowest BCUT2D eigenvalue weighted by atomic mass is 10.1. The molecule has 1 unspecified atom stereocenters. The smallest absolute Gasteiger partial charge is 0.0576 e. The number of hydrogen-bond acceptors (Lipinski definition) is 2. The summed E-state index contributed by atoms with van der Waals surface area (Å²) in [5.41, 5.74) is 1.19. The Morgan fingerprint density at radius 2 is 2.12 bits per heavy atom. The molecular formula is C13H18BrNO. The average molecular weight is 284 g/mol. The van der Waals surface area contributed by atoms with Crippen LogP contribution in [0.25, 0.3) is 0 Å². The van der Waals surface area contributed by atoms with Crippen molar-refractivity contribution in [3.05, 3.63) is 28.7 Å². The number of nitrogens with one attached hydrogen (secondary N) is 1. The second-order valence-electron chi connectivity index (χ2n) is 4.21. The fourth-order valence-electron chi connectivity index (χ4n) is 2.00. The maximum atomic E-state index is 5.59. The van der Waals surface area contributed by atoms with E-state index in [-0.39, 0.29) is 0 Å². The van der Waals surface area contributed by atoms with E-state index in [1.165, 1.54) is 31.4 Å². The van der Waals surface area contributed by atoms with Crippen LogP contribution in [0.1, 0.15) is 25.7 Å². The normalized spacial score (nSPS) is 19.9. The van der Waals surface area contributed by atoms with Gasteiger partial charge in [0.15, 0.2) is 0 Å². The first-order chi connectivity index (χ1) is 7.84. The monoisotopic (exact) mass is 283 g/mol. The Kier molecular flexibility index (Phi) is 4.67. The van der Waals surface area contributed by atoms with E-state index >= 15 is 0 Å². The van der Waals surface area contributed by atoms with Crippen molar-refractivity contribution in [1.29, 1.82) is 0 Å². The number of benzene rings is 1. The lowest BCUT2D eigenvalue weighted by molar-refractivity contribution is 0.103. The second-order valence-corrected chi connectivity index (χ2v) is 5.13. The summed E-state index contributed by atoms with van der Waals surface area (Å²) in [5.74, 6) is 0. The van der Waals surface area contributed by atoms with E-state index in [0.717, 1.165) is 17.6 Å². The Morgan fingerprint density at radius 1 is 1.31 bits per heavy atom. The van der Waals surface area contributed by atoms with Crippen LogP contribution < -0.4 is 5.32 Å². The molecule has 2 nitrogen and oxygen atoms in total. The van der Waals surface area contributed by atoms with Gasteiger partial charge in [0.2, 0.25) is 0 Å². The molecule has 0 saturated carbocycles. The molecule has 1 N–H and O–H groups in total. The Hall–Kier alpha value is -0.540. The molecule has 88 valence electrons. The van der Waals surface area contributed by atoms with Crippen molar-refractivity contribution in [3.63, 3.8) is 0 Å². The highest BCUT2D eigenvalue weighted by molar-refractivity contribution is 9.10. The van der Waals surface area contributed by atoms with E-state index in [1.54, 1.807) is 0 Å². The highest BCUT2D eigenvalue weighted by atomic mass is 79.9. The molecule has 0 bridgehead atoms. The van der Waals surface area contributed by atoms with Gasteiger partial charge < -0.3 is 10.1 Å². The third-order valence-electron chi connectivity index (χ3n) is 2.90. The van der Waals surface area contributed by atoms with Gasteiger partial charge in [-0.05, 0) is 49.9 Å². The predicted molar refractivity (Wildman–Crippen MR) is 70.8 cm³/mol. The summed E-state index contributed by atoms with van der Waals surface area (Å²) in [7, 11) is 0. The first kappa shape index (κ1) is 11.9. The summed E-state index contributed by atoms with van der Waals surface area (Å²) in [6.07, 6.45) is 5.37. The summed E-state index contributed by atoms with van der Waals surface area (Å²) in [6.45, 7) is 1.99. The number of rotatable bonds is 5. The van der Waals surface area contributed by atoms with Crippen LogP contribution in [0.2, 0.25) is 0 Å². The minimum atomic E-state index is 0.520. The van der Waals surface area contributed by atoms with Crippen LogP contribution in [0.3, 0.4) is 0 Å². The summed E-state index contributed by atoms with van der Waals surface area (Å²) < 4.78 is 6.71. The highest BCUT2D eigenvalue weighted by Crippen LogP contribution is 2.17. The van der Waals surface area contributed by atoms with Gasteiger partial charge in [-0.2, -0.15) is 0 Å². The largest absolute Gasteiger partial charge is 0.385 e. The van der Waals surface area contributed by atoms with E-state index in [0.29, 0.717) is 6.10 Å². The molecule has 1 saturated heterocycles. The molecule has 3 heteroatoms. The number of ether oxygens (including phenoxy) is 1. The molecule has 1 aliphatic rings. The number of halogens is 1. The van der Waals surface area contributed by atoms with Crippen LogP contribution >= 0.6 is 15.9 Å². The average Bonchev–Trinajstić information content (AvgIpc) is 2.80. The van der Waals surface area contributed by atoms with Crippen molar-refractivity contribution in [2.75, 3.05) is 18.5 Å². The summed E-state index contributed by atoms with van der Waals surface area (Å²) in [6, 6.07) is 8.30. The zero-order valence-corrected chi connectivity index (χ0v) is 11.0. The maximum absolute atomic E-state index is 5.59. The number of anilines is 1. The van der Waals surface area contributed by atoms with Gasteiger partial charge in [0.05, 0.1) is 6.10 Å². The van der Waals surface area contributed by atoms with Crippen LogP contribution in [-0.4, -0.2) is 19.3 Å². The van der Waals surface area contributed by atoms with Gasteiger partial charge in [0.1, 0.15) is 0 Å². The molecule has 0 spiro atoms. The van der Waals surface area contributed by atoms with Crippen LogP contribution in [0.5, 0.6) is 0 Å². The number of hydrogen-bond donors (Lipinski definition) is 1. The third kappa shape index (κ3) is 3.80. The van der Waals surface area contributed by atoms with Crippen LogP contribution in [0.4, 0.5) is 5.69 Å². The van der Waals surface area contributed by atoms with E-state index in [2.05, 4.69) is 45.5 Å². The fraction of sp³-hybridized carbons (Fsp3) is 0.538. The van der Waals surface area contributed by atoms with E-state index in [9.17, 15) is 0 Å². The quantitative estimate of drug-likeness (QED) is 0.830. The molecule has 1 heterocycles. The van der Waals surface area contributed by atoms with Gasteiger partial charge in [0.25, 0.3) is 0 Å². The summed E-state index contributed by atoms with van der Waals surface area (Å²) in [4.78, 5) is 0. The van der Waals surface area contributed by atoms with Gasteiger partial charge in [0, 0.05) is 23.3 Å².